The number of hydrogen-bond donors (Lipinski definition) is 0. The van der Waals surface area contributed by atoms with Gasteiger partial charge in [-0.3, -0.25) is 0 Å². The molecule has 0 radical (unpaired) electrons. The van der Waals surface area contributed by atoms with Crippen LogP contribution in [0.1, 0.15) is 22.3 Å². The van der Waals surface area contributed by atoms with Crippen LogP contribution in [0.4, 0.5) is 51.2 Å². The number of hydrogen-bond acceptors (Lipinski definition) is 5. The lowest BCUT2D eigenvalue weighted by molar-refractivity contribution is 0.666. The Labute approximate surface area is 372 Å². The van der Waals surface area contributed by atoms with E-state index in [2.05, 4.69) is 212 Å². The van der Waals surface area contributed by atoms with Gasteiger partial charge in [-0.15, -0.1) is 0 Å². The number of anilines is 9. The van der Waals surface area contributed by atoms with E-state index >= 15 is 0 Å². The number of nitrogens with zero attached hydrogens (tertiary/aromatic N) is 3. The maximum absolute atomic E-state index is 6.91. The Morgan fingerprint density at radius 1 is 0.391 bits per heavy atom. The lowest BCUT2D eigenvalue weighted by Gasteiger charge is -2.45. The summed E-state index contributed by atoms with van der Waals surface area (Å²) in [5, 5.41) is 4.29. The van der Waals surface area contributed by atoms with Crippen LogP contribution >= 0.6 is 0 Å². The second-order valence-corrected chi connectivity index (χ2v) is 17.6. The Balaban J connectivity index is 1.20. The van der Waals surface area contributed by atoms with Gasteiger partial charge < -0.3 is 23.5 Å². The van der Waals surface area contributed by atoms with E-state index in [9.17, 15) is 0 Å². The third kappa shape index (κ3) is 5.39. The van der Waals surface area contributed by atoms with Gasteiger partial charge >= 0.3 is 0 Å². The Kier molecular flexibility index (Phi) is 7.89. The number of aryl methyl sites for hydroxylation is 4. The van der Waals surface area contributed by atoms with E-state index in [1.807, 2.05) is 12.1 Å². The fraction of sp³-hybridized carbons (Fsp3) is 0.0690. The molecule has 2 aromatic heterocycles. The Morgan fingerprint density at radius 3 is 1.31 bits per heavy atom. The maximum atomic E-state index is 6.91. The van der Waals surface area contributed by atoms with Gasteiger partial charge in [0.25, 0.3) is 6.71 Å². The van der Waals surface area contributed by atoms with Crippen LogP contribution in [-0.2, 0) is 0 Å². The molecule has 0 unspecified atom stereocenters. The molecule has 0 atom stereocenters. The topological polar surface area (TPSA) is 36.0 Å². The zero-order valence-electron chi connectivity index (χ0n) is 36.1. The predicted molar refractivity (Wildman–Crippen MR) is 269 cm³/mol. The number of furan rings is 2. The summed E-state index contributed by atoms with van der Waals surface area (Å²) in [7, 11) is 0. The summed E-state index contributed by atoms with van der Waals surface area (Å²) in [5.41, 5.74) is 21.7. The lowest BCUT2D eigenvalue weighted by Crippen LogP contribution is -2.61. The molecule has 2 aliphatic rings. The fourth-order valence-corrected chi connectivity index (χ4v) is 10.6. The summed E-state index contributed by atoms with van der Waals surface area (Å²) in [6.07, 6.45) is 0. The molecule has 5 nitrogen and oxygen atoms in total. The minimum atomic E-state index is -0.0153. The van der Waals surface area contributed by atoms with E-state index in [1.54, 1.807) is 0 Å². The maximum Gasteiger partial charge on any atom is 0.252 e. The van der Waals surface area contributed by atoms with Crippen molar-refractivity contribution >= 4 is 118 Å². The van der Waals surface area contributed by atoms with Gasteiger partial charge in [-0.1, -0.05) is 109 Å². The number of rotatable bonds is 5. The van der Waals surface area contributed by atoms with Crippen LogP contribution in [0.3, 0.4) is 0 Å². The summed E-state index contributed by atoms with van der Waals surface area (Å²) in [6, 6.07) is 66.4. The number of para-hydroxylation sites is 4. The van der Waals surface area contributed by atoms with Crippen molar-refractivity contribution in [3.8, 4) is 0 Å². The molecule has 6 heteroatoms. The highest BCUT2D eigenvalue weighted by atomic mass is 16.3. The van der Waals surface area contributed by atoms with Gasteiger partial charge in [-0.2, -0.15) is 0 Å². The van der Waals surface area contributed by atoms with E-state index < -0.39 is 0 Å². The summed E-state index contributed by atoms with van der Waals surface area (Å²) >= 11 is 0. The van der Waals surface area contributed by atoms with Crippen LogP contribution < -0.4 is 31.1 Å². The molecule has 0 amide bonds. The highest BCUT2D eigenvalue weighted by molar-refractivity contribution is 7.00. The van der Waals surface area contributed by atoms with Gasteiger partial charge in [0.2, 0.25) is 0 Å². The van der Waals surface area contributed by atoms with Crippen molar-refractivity contribution in [3.05, 3.63) is 204 Å². The zero-order chi connectivity index (χ0) is 42.8. The van der Waals surface area contributed by atoms with Crippen LogP contribution in [0.25, 0.3) is 43.9 Å². The normalized spacial score (nSPS) is 12.9. The van der Waals surface area contributed by atoms with Gasteiger partial charge in [0.05, 0.1) is 17.1 Å². The van der Waals surface area contributed by atoms with Crippen LogP contribution in [0.5, 0.6) is 0 Å². The number of fused-ring (bicyclic) bond motifs is 10. The average Bonchev–Trinajstić information content (AvgIpc) is 3.88. The molecule has 0 saturated carbocycles. The third-order valence-corrected chi connectivity index (χ3v) is 13.4. The smallest absolute Gasteiger partial charge is 0.252 e. The van der Waals surface area contributed by atoms with E-state index in [-0.39, 0.29) is 6.71 Å². The van der Waals surface area contributed by atoms with Gasteiger partial charge in [-0.05, 0) is 139 Å². The largest absolute Gasteiger partial charge is 0.454 e. The van der Waals surface area contributed by atoms with Crippen LogP contribution in [-0.4, -0.2) is 6.71 Å². The molecular formula is C58H42BN3O2. The third-order valence-electron chi connectivity index (χ3n) is 13.4. The predicted octanol–water partition coefficient (Wildman–Crippen LogP) is 14.3. The van der Waals surface area contributed by atoms with E-state index in [1.165, 1.54) is 50.0 Å². The van der Waals surface area contributed by atoms with Crippen molar-refractivity contribution in [1.29, 1.82) is 0 Å². The van der Waals surface area contributed by atoms with Crippen LogP contribution in [0, 0.1) is 27.7 Å². The molecule has 9 aromatic carbocycles. The molecule has 2 aliphatic heterocycles. The Morgan fingerprint density at radius 2 is 0.828 bits per heavy atom. The zero-order valence-corrected chi connectivity index (χ0v) is 36.1. The molecular weight excluding hydrogens is 781 g/mol. The average molecular weight is 824 g/mol. The van der Waals surface area contributed by atoms with E-state index in [4.69, 9.17) is 8.83 Å². The first-order valence-electron chi connectivity index (χ1n) is 22.1. The molecule has 0 aliphatic carbocycles. The standard InChI is InChI=1S/C58H42BN3O2/c1-35-13-9-15-39(29-35)60-50-31-37(3)25-27-46(50)59-47-28-26-38(4)32-51(47)61(40-16-10-14-36(2)30-40)53-34-41(33-52(60)56(53)59)62(48-21-11-19-44-42-17-5-7-23-54(42)63-57(44)48)49-22-12-20-45-43-18-6-8-24-55(43)64-58(45)49/h5-34H,1-4H3. The minimum Gasteiger partial charge on any atom is -0.454 e. The van der Waals surface area contributed by atoms with Crippen LogP contribution in [0.15, 0.2) is 191 Å². The SMILES string of the molecule is Cc1cccc(N2c3cc(C)ccc3B3c4ccc(C)cc4N(c4cccc(C)c4)c4cc(N(c5cccc6c5oc5ccccc56)c5cccc6c5oc5ccccc56)cc2c43)c1. The molecule has 0 bridgehead atoms. The first-order chi connectivity index (χ1) is 31.4. The van der Waals surface area contributed by atoms with Crippen molar-refractivity contribution in [3.63, 3.8) is 0 Å². The summed E-state index contributed by atoms with van der Waals surface area (Å²) in [5.74, 6) is 0. The molecule has 11 aromatic rings. The molecule has 0 saturated heterocycles. The van der Waals surface area contributed by atoms with E-state index in [0.717, 1.165) is 83.7 Å². The van der Waals surface area contributed by atoms with Gasteiger partial charge in [0.1, 0.15) is 11.2 Å². The van der Waals surface area contributed by atoms with Crippen molar-refractivity contribution in [2.24, 2.45) is 0 Å². The first kappa shape index (κ1) is 36.7. The fourth-order valence-electron chi connectivity index (χ4n) is 10.6. The van der Waals surface area contributed by atoms with E-state index in [0.29, 0.717) is 0 Å². The number of benzene rings is 9. The first-order valence-corrected chi connectivity index (χ1v) is 22.1. The van der Waals surface area contributed by atoms with Gasteiger partial charge in [-0.25, -0.2) is 0 Å². The van der Waals surface area contributed by atoms with Crippen LogP contribution in [0.2, 0.25) is 0 Å². The Hall–Kier alpha value is -7.96. The second kappa shape index (κ2) is 13.8. The quantitative estimate of drug-likeness (QED) is 0.162. The molecule has 0 fully saturated rings. The summed E-state index contributed by atoms with van der Waals surface area (Å²) in [4.78, 5) is 7.38. The second-order valence-electron chi connectivity index (χ2n) is 17.6. The molecule has 4 heterocycles. The summed E-state index contributed by atoms with van der Waals surface area (Å²) in [6.45, 7) is 8.75. The van der Waals surface area contributed by atoms with Crippen molar-refractivity contribution in [2.75, 3.05) is 14.7 Å². The molecule has 64 heavy (non-hydrogen) atoms. The van der Waals surface area contributed by atoms with Crippen molar-refractivity contribution in [1.82, 2.24) is 0 Å². The molecule has 0 spiro atoms. The van der Waals surface area contributed by atoms with Crippen molar-refractivity contribution < 1.29 is 8.83 Å². The molecule has 0 N–H and O–H groups in total. The monoisotopic (exact) mass is 823 g/mol. The van der Waals surface area contributed by atoms with Gasteiger partial charge in [0, 0.05) is 55.7 Å². The summed E-state index contributed by atoms with van der Waals surface area (Å²) < 4.78 is 13.8. The molecule has 13 rings (SSSR count). The lowest BCUT2D eigenvalue weighted by atomic mass is 9.33. The highest BCUT2D eigenvalue weighted by Crippen LogP contribution is 2.51. The van der Waals surface area contributed by atoms with Crippen molar-refractivity contribution in [2.45, 2.75) is 27.7 Å². The Bertz CT molecular complexity index is 3490. The highest BCUT2D eigenvalue weighted by Gasteiger charge is 2.44. The van der Waals surface area contributed by atoms with Gasteiger partial charge in [0.15, 0.2) is 11.2 Å². The molecule has 304 valence electrons. The minimum absolute atomic E-state index is 0.0153.